The molecule has 0 bridgehead atoms. The Morgan fingerprint density at radius 1 is 1.56 bits per heavy atom. The van der Waals surface area contributed by atoms with Crippen molar-refractivity contribution in [1.29, 1.82) is 0 Å². The SMILES string of the molecule is COc1cccc([C@H](C)CC[C@H]2CNC(=O)O2)c1. The third-order valence-corrected chi connectivity index (χ3v) is 3.33. The predicted octanol–water partition coefficient (Wildman–Crippen LogP) is 2.69. The van der Waals surface area contributed by atoms with Gasteiger partial charge < -0.3 is 14.8 Å². The lowest BCUT2D eigenvalue weighted by Gasteiger charge is -2.14. The van der Waals surface area contributed by atoms with Crippen molar-refractivity contribution in [1.82, 2.24) is 5.32 Å². The smallest absolute Gasteiger partial charge is 0.407 e. The second kappa shape index (κ2) is 5.76. The summed E-state index contributed by atoms with van der Waals surface area (Å²) in [5, 5.41) is 2.67. The van der Waals surface area contributed by atoms with Crippen molar-refractivity contribution < 1.29 is 14.3 Å². The summed E-state index contributed by atoms with van der Waals surface area (Å²) in [7, 11) is 1.67. The van der Waals surface area contributed by atoms with Crippen LogP contribution in [-0.4, -0.2) is 25.9 Å². The molecule has 2 atom stereocenters. The van der Waals surface area contributed by atoms with Crippen molar-refractivity contribution in [2.75, 3.05) is 13.7 Å². The van der Waals surface area contributed by atoms with Crippen molar-refractivity contribution in [3.8, 4) is 5.75 Å². The molecule has 1 aliphatic heterocycles. The molecule has 4 nitrogen and oxygen atoms in total. The van der Waals surface area contributed by atoms with Crippen LogP contribution < -0.4 is 10.1 Å². The number of benzene rings is 1. The summed E-state index contributed by atoms with van der Waals surface area (Å²) < 4.78 is 10.3. The Morgan fingerprint density at radius 3 is 3.06 bits per heavy atom. The molecule has 18 heavy (non-hydrogen) atoms. The van der Waals surface area contributed by atoms with Gasteiger partial charge in [0.2, 0.25) is 0 Å². The van der Waals surface area contributed by atoms with Crippen LogP contribution in [-0.2, 0) is 4.74 Å². The van der Waals surface area contributed by atoms with Gasteiger partial charge in [-0.3, -0.25) is 0 Å². The van der Waals surface area contributed by atoms with Crippen LogP contribution in [0.5, 0.6) is 5.75 Å². The topological polar surface area (TPSA) is 47.6 Å². The number of carbonyl (C=O) groups is 1. The highest BCUT2D eigenvalue weighted by atomic mass is 16.6. The number of cyclic esters (lactones) is 1. The quantitative estimate of drug-likeness (QED) is 0.872. The van der Waals surface area contributed by atoms with Gasteiger partial charge in [0.05, 0.1) is 13.7 Å². The molecule has 1 amide bonds. The summed E-state index contributed by atoms with van der Waals surface area (Å²) >= 11 is 0. The minimum atomic E-state index is -0.297. The summed E-state index contributed by atoms with van der Waals surface area (Å²) in [6.07, 6.45) is 1.60. The summed E-state index contributed by atoms with van der Waals surface area (Å²) in [4.78, 5) is 10.9. The Hall–Kier alpha value is -1.71. The van der Waals surface area contributed by atoms with Crippen LogP contribution in [0.2, 0.25) is 0 Å². The Balaban J connectivity index is 1.86. The van der Waals surface area contributed by atoms with Crippen LogP contribution in [0.4, 0.5) is 4.79 Å². The molecule has 1 saturated heterocycles. The highest BCUT2D eigenvalue weighted by molar-refractivity contribution is 5.69. The Morgan fingerprint density at radius 2 is 2.39 bits per heavy atom. The lowest BCUT2D eigenvalue weighted by atomic mass is 9.94. The number of alkyl carbamates (subject to hydrolysis) is 1. The Bertz CT molecular complexity index is 419. The Labute approximate surface area is 107 Å². The van der Waals surface area contributed by atoms with E-state index in [0.29, 0.717) is 12.5 Å². The highest BCUT2D eigenvalue weighted by Crippen LogP contribution is 2.25. The summed E-state index contributed by atoms with van der Waals surface area (Å²) in [5.74, 6) is 1.31. The average molecular weight is 249 g/mol. The van der Waals surface area contributed by atoms with E-state index in [-0.39, 0.29) is 12.2 Å². The van der Waals surface area contributed by atoms with E-state index < -0.39 is 0 Å². The molecule has 0 unspecified atom stereocenters. The van der Waals surface area contributed by atoms with E-state index in [1.165, 1.54) is 5.56 Å². The maximum atomic E-state index is 10.9. The van der Waals surface area contributed by atoms with E-state index in [1.54, 1.807) is 7.11 Å². The zero-order chi connectivity index (χ0) is 13.0. The van der Waals surface area contributed by atoms with Crippen LogP contribution >= 0.6 is 0 Å². The minimum absolute atomic E-state index is 0.0190. The van der Waals surface area contributed by atoms with Crippen molar-refractivity contribution in [3.05, 3.63) is 29.8 Å². The molecular weight excluding hydrogens is 230 g/mol. The van der Waals surface area contributed by atoms with E-state index in [9.17, 15) is 4.79 Å². The average Bonchev–Trinajstić information content (AvgIpc) is 2.82. The number of amides is 1. The van der Waals surface area contributed by atoms with Gasteiger partial charge in [0, 0.05) is 0 Å². The molecule has 1 N–H and O–H groups in total. The van der Waals surface area contributed by atoms with Crippen molar-refractivity contribution in [2.45, 2.75) is 31.8 Å². The molecule has 0 aliphatic carbocycles. The molecule has 1 heterocycles. The monoisotopic (exact) mass is 249 g/mol. The molecule has 1 aromatic rings. The highest BCUT2D eigenvalue weighted by Gasteiger charge is 2.22. The first-order chi connectivity index (χ1) is 8.69. The molecule has 0 saturated carbocycles. The number of methoxy groups -OCH3 is 1. The normalized spacial score (nSPS) is 20.1. The predicted molar refractivity (Wildman–Crippen MR) is 68.9 cm³/mol. The fourth-order valence-corrected chi connectivity index (χ4v) is 2.14. The molecule has 0 radical (unpaired) electrons. The first kappa shape index (κ1) is 12.7. The largest absolute Gasteiger partial charge is 0.497 e. The molecule has 0 spiro atoms. The van der Waals surface area contributed by atoms with E-state index in [1.807, 2.05) is 12.1 Å². The number of hydrogen-bond donors (Lipinski definition) is 1. The first-order valence-electron chi connectivity index (χ1n) is 6.27. The van der Waals surface area contributed by atoms with Crippen molar-refractivity contribution >= 4 is 6.09 Å². The number of rotatable bonds is 5. The molecule has 0 aromatic heterocycles. The summed E-state index contributed by atoms with van der Waals surface area (Å²) in [6.45, 7) is 2.81. The van der Waals surface area contributed by atoms with Crippen LogP contribution in [0.3, 0.4) is 0 Å². The molecule has 1 aliphatic rings. The minimum Gasteiger partial charge on any atom is -0.497 e. The van der Waals surface area contributed by atoms with Gasteiger partial charge in [0.1, 0.15) is 11.9 Å². The molecule has 1 fully saturated rings. The summed E-state index contributed by atoms with van der Waals surface area (Å²) in [6, 6.07) is 8.11. The number of nitrogens with one attached hydrogen (secondary N) is 1. The van der Waals surface area contributed by atoms with E-state index >= 15 is 0 Å². The second-order valence-electron chi connectivity index (χ2n) is 4.66. The molecule has 98 valence electrons. The number of ether oxygens (including phenoxy) is 2. The molecule has 1 aromatic carbocycles. The van der Waals surface area contributed by atoms with Gasteiger partial charge in [-0.15, -0.1) is 0 Å². The van der Waals surface area contributed by atoms with Crippen LogP contribution in [0.1, 0.15) is 31.2 Å². The van der Waals surface area contributed by atoms with Gasteiger partial charge in [-0.2, -0.15) is 0 Å². The molecule has 2 rings (SSSR count). The summed E-state index contributed by atoms with van der Waals surface area (Å²) in [5.41, 5.74) is 1.26. The van der Waals surface area contributed by atoms with Gasteiger partial charge in [0.25, 0.3) is 0 Å². The van der Waals surface area contributed by atoms with Gasteiger partial charge in [0.15, 0.2) is 0 Å². The maximum Gasteiger partial charge on any atom is 0.407 e. The lowest BCUT2D eigenvalue weighted by Crippen LogP contribution is -2.15. The van der Waals surface area contributed by atoms with E-state index in [2.05, 4.69) is 24.4 Å². The van der Waals surface area contributed by atoms with Crippen LogP contribution in [0.15, 0.2) is 24.3 Å². The van der Waals surface area contributed by atoms with Crippen LogP contribution in [0.25, 0.3) is 0 Å². The fraction of sp³-hybridized carbons (Fsp3) is 0.500. The Kier molecular flexibility index (Phi) is 4.07. The van der Waals surface area contributed by atoms with E-state index in [0.717, 1.165) is 18.6 Å². The number of hydrogen-bond acceptors (Lipinski definition) is 3. The third kappa shape index (κ3) is 3.15. The van der Waals surface area contributed by atoms with Gasteiger partial charge in [-0.25, -0.2) is 4.79 Å². The zero-order valence-electron chi connectivity index (χ0n) is 10.8. The fourth-order valence-electron chi connectivity index (χ4n) is 2.14. The van der Waals surface area contributed by atoms with Crippen LogP contribution in [0, 0.1) is 0 Å². The van der Waals surface area contributed by atoms with Crippen molar-refractivity contribution in [2.24, 2.45) is 0 Å². The zero-order valence-corrected chi connectivity index (χ0v) is 10.8. The lowest BCUT2D eigenvalue weighted by molar-refractivity contribution is 0.133. The number of carbonyl (C=O) groups excluding carboxylic acids is 1. The van der Waals surface area contributed by atoms with Crippen molar-refractivity contribution in [3.63, 3.8) is 0 Å². The van der Waals surface area contributed by atoms with Gasteiger partial charge in [-0.05, 0) is 36.5 Å². The second-order valence-corrected chi connectivity index (χ2v) is 4.66. The van der Waals surface area contributed by atoms with Gasteiger partial charge in [-0.1, -0.05) is 19.1 Å². The standard InChI is InChI=1S/C14H19NO3/c1-10(6-7-13-9-15-14(16)18-13)11-4-3-5-12(8-11)17-2/h3-5,8,10,13H,6-7,9H2,1-2H3,(H,15,16)/t10-,13+/m1/s1. The third-order valence-electron chi connectivity index (χ3n) is 3.33. The van der Waals surface area contributed by atoms with E-state index in [4.69, 9.17) is 9.47 Å². The first-order valence-corrected chi connectivity index (χ1v) is 6.27. The maximum absolute atomic E-state index is 10.9. The molecule has 4 heteroatoms. The molecular formula is C14H19NO3. The van der Waals surface area contributed by atoms with Gasteiger partial charge >= 0.3 is 6.09 Å².